The van der Waals surface area contributed by atoms with Gasteiger partial charge in [0.15, 0.2) is 0 Å². The van der Waals surface area contributed by atoms with Gasteiger partial charge in [0.1, 0.15) is 5.83 Å². The molecule has 0 N–H and O–H groups in total. The number of hydrogen-bond donors (Lipinski definition) is 0. The summed E-state index contributed by atoms with van der Waals surface area (Å²) in [7, 11) is 1.99. The lowest BCUT2D eigenvalue weighted by Gasteiger charge is -2.31. The van der Waals surface area contributed by atoms with E-state index >= 15 is 0 Å². The first-order valence-electron chi connectivity index (χ1n) is 4.19. The summed E-state index contributed by atoms with van der Waals surface area (Å²) in [5.41, 5.74) is 0.940. The third-order valence-electron chi connectivity index (χ3n) is 2.49. The van der Waals surface area contributed by atoms with E-state index in [-0.39, 0.29) is 5.83 Å². The van der Waals surface area contributed by atoms with E-state index in [1.54, 1.807) is 0 Å². The Kier molecular flexibility index (Phi) is 2.66. The number of likely N-dealkylation sites (N-methyl/N-ethyl adjacent to an activating group) is 1. The van der Waals surface area contributed by atoms with Gasteiger partial charge in [-0.3, -0.25) is 4.90 Å². The van der Waals surface area contributed by atoms with Gasteiger partial charge in [0.2, 0.25) is 0 Å². The predicted molar refractivity (Wildman–Crippen MR) is 45.1 cm³/mol. The SMILES string of the molecule is CC[C@H]1CC(C)=C(F)CN1C. The highest BCUT2D eigenvalue weighted by Gasteiger charge is 2.21. The molecular weight excluding hydrogens is 141 g/mol. The van der Waals surface area contributed by atoms with Crippen LogP contribution in [0.4, 0.5) is 4.39 Å². The molecule has 0 aromatic rings. The van der Waals surface area contributed by atoms with Crippen molar-refractivity contribution in [1.82, 2.24) is 4.90 Å². The van der Waals surface area contributed by atoms with Crippen LogP contribution in [0.25, 0.3) is 0 Å². The third kappa shape index (κ3) is 1.80. The first-order valence-corrected chi connectivity index (χ1v) is 4.19. The molecule has 0 aromatic heterocycles. The largest absolute Gasteiger partial charge is 0.297 e. The summed E-state index contributed by atoms with van der Waals surface area (Å²) in [5.74, 6) is 0.0669. The summed E-state index contributed by atoms with van der Waals surface area (Å²) in [6, 6.07) is 0.550. The van der Waals surface area contributed by atoms with Gasteiger partial charge in [0.05, 0.1) is 6.54 Å². The van der Waals surface area contributed by atoms with Crippen LogP contribution in [0.5, 0.6) is 0 Å². The minimum atomic E-state index is 0.0669. The lowest BCUT2D eigenvalue weighted by Crippen LogP contribution is -2.36. The maximum Gasteiger partial charge on any atom is 0.113 e. The van der Waals surface area contributed by atoms with E-state index in [2.05, 4.69) is 11.8 Å². The fraction of sp³-hybridized carbons (Fsp3) is 0.778. The number of halogens is 1. The average molecular weight is 157 g/mol. The molecule has 0 bridgehead atoms. The van der Waals surface area contributed by atoms with Gasteiger partial charge >= 0.3 is 0 Å². The second kappa shape index (κ2) is 3.35. The van der Waals surface area contributed by atoms with E-state index in [9.17, 15) is 4.39 Å². The molecule has 0 spiro atoms. The molecule has 1 aliphatic rings. The molecule has 1 heterocycles. The summed E-state index contributed by atoms with van der Waals surface area (Å²) >= 11 is 0. The van der Waals surface area contributed by atoms with Crippen molar-refractivity contribution in [3.63, 3.8) is 0 Å². The first kappa shape index (κ1) is 8.72. The van der Waals surface area contributed by atoms with Crippen molar-refractivity contribution in [3.8, 4) is 0 Å². The molecule has 0 fully saturated rings. The summed E-state index contributed by atoms with van der Waals surface area (Å²) in [6.45, 7) is 4.55. The molecule has 0 saturated carbocycles. The van der Waals surface area contributed by atoms with Crippen LogP contribution in [-0.4, -0.2) is 24.5 Å². The van der Waals surface area contributed by atoms with Crippen LogP contribution < -0.4 is 0 Å². The summed E-state index contributed by atoms with van der Waals surface area (Å²) in [6.07, 6.45) is 2.01. The predicted octanol–water partition coefficient (Wildman–Crippen LogP) is 2.34. The van der Waals surface area contributed by atoms with E-state index in [0.717, 1.165) is 18.4 Å². The highest BCUT2D eigenvalue weighted by Crippen LogP contribution is 2.23. The average Bonchev–Trinajstić information content (AvgIpc) is 1.97. The molecule has 0 unspecified atom stereocenters. The summed E-state index contributed by atoms with van der Waals surface area (Å²) in [5, 5.41) is 0. The maximum atomic E-state index is 13.0. The fourth-order valence-corrected chi connectivity index (χ4v) is 1.56. The van der Waals surface area contributed by atoms with Crippen molar-refractivity contribution in [2.24, 2.45) is 0 Å². The molecule has 0 aromatic carbocycles. The van der Waals surface area contributed by atoms with E-state index in [1.165, 1.54) is 0 Å². The van der Waals surface area contributed by atoms with E-state index in [4.69, 9.17) is 0 Å². The Morgan fingerprint density at radius 1 is 1.64 bits per heavy atom. The van der Waals surface area contributed by atoms with Gasteiger partial charge in [-0.25, -0.2) is 4.39 Å². The van der Waals surface area contributed by atoms with Crippen molar-refractivity contribution in [2.45, 2.75) is 32.7 Å². The Bertz CT molecular complexity index is 174. The Morgan fingerprint density at radius 2 is 2.27 bits per heavy atom. The Labute approximate surface area is 67.9 Å². The normalized spacial score (nSPS) is 27.8. The minimum Gasteiger partial charge on any atom is -0.297 e. The molecule has 2 heteroatoms. The zero-order valence-corrected chi connectivity index (χ0v) is 7.52. The molecule has 0 aliphatic carbocycles. The smallest absolute Gasteiger partial charge is 0.113 e. The Balaban J connectivity index is 2.67. The third-order valence-corrected chi connectivity index (χ3v) is 2.49. The van der Waals surface area contributed by atoms with Gasteiger partial charge in [-0.15, -0.1) is 0 Å². The first-order chi connectivity index (χ1) is 5.15. The standard InChI is InChI=1S/C9H16FN/c1-4-8-5-7(2)9(10)6-11(8)3/h8H,4-6H2,1-3H3/t8-/m0/s1. The molecule has 0 amide bonds. The molecule has 64 valence electrons. The fourth-order valence-electron chi connectivity index (χ4n) is 1.56. The topological polar surface area (TPSA) is 3.24 Å². The summed E-state index contributed by atoms with van der Waals surface area (Å²) in [4.78, 5) is 2.09. The quantitative estimate of drug-likeness (QED) is 0.564. The van der Waals surface area contributed by atoms with Crippen molar-refractivity contribution in [1.29, 1.82) is 0 Å². The van der Waals surface area contributed by atoms with Gasteiger partial charge in [0.25, 0.3) is 0 Å². The zero-order valence-electron chi connectivity index (χ0n) is 7.52. The zero-order chi connectivity index (χ0) is 8.43. The molecule has 0 radical (unpaired) electrons. The van der Waals surface area contributed by atoms with Crippen LogP contribution in [0.3, 0.4) is 0 Å². The van der Waals surface area contributed by atoms with Crippen molar-refractivity contribution in [2.75, 3.05) is 13.6 Å². The van der Waals surface area contributed by atoms with E-state index < -0.39 is 0 Å². The number of nitrogens with zero attached hydrogens (tertiary/aromatic N) is 1. The Hall–Kier alpha value is -0.370. The van der Waals surface area contributed by atoms with Crippen molar-refractivity contribution < 1.29 is 4.39 Å². The maximum absolute atomic E-state index is 13.0. The van der Waals surface area contributed by atoms with E-state index in [1.807, 2.05) is 14.0 Å². The molecule has 0 saturated heterocycles. The Morgan fingerprint density at radius 3 is 2.82 bits per heavy atom. The molecule has 1 nitrogen and oxygen atoms in total. The van der Waals surface area contributed by atoms with Crippen LogP contribution in [0, 0.1) is 0 Å². The second-order valence-electron chi connectivity index (χ2n) is 3.37. The second-order valence-corrected chi connectivity index (χ2v) is 3.37. The van der Waals surface area contributed by atoms with E-state index in [0.29, 0.717) is 12.6 Å². The lowest BCUT2D eigenvalue weighted by atomic mass is 9.99. The van der Waals surface area contributed by atoms with Crippen LogP contribution >= 0.6 is 0 Å². The molecular formula is C9H16FN. The van der Waals surface area contributed by atoms with Crippen LogP contribution in [0.2, 0.25) is 0 Å². The molecule has 1 aliphatic heterocycles. The van der Waals surface area contributed by atoms with Crippen molar-refractivity contribution in [3.05, 3.63) is 11.4 Å². The number of rotatable bonds is 1. The number of hydrogen-bond acceptors (Lipinski definition) is 1. The lowest BCUT2D eigenvalue weighted by molar-refractivity contribution is 0.217. The van der Waals surface area contributed by atoms with Crippen LogP contribution in [0.15, 0.2) is 11.4 Å². The van der Waals surface area contributed by atoms with Gasteiger partial charge in [-0.1, -0.05) is 6.92 Å². The summed E-state index contributed by atoms with van der Waals surface area (Å²) < 4.78 is 13.0. The van der Waals surface area contributed by atoms with Gasteiger partial charge in [0, 0.05) is 6.04 Å². The van der Waals surface area contributed by atoms with Gasteiger partial charge in [-0.2, -0.15) is 0 Å². The molecule has 11 heavy (non-hydrogen) atoms. The van der Waals surface area contributed by atoms with Crippen LogP contribution in [0.1, 0.15) is 26.7 Å². The van der Waals surface area contributed by atoms with Crippen molar-refractivity contribution >= 4 is 0 Å². The highest BCUT2D eigenvalue weighted by molar-refractivity contribution is 5.12. The molecule has 1 rings (SSSR count). The van der Waals surface area contributed by atoms with Crippen LogP contribution in [-0.2, 0) is 0 Å². The van der Waals surface area contributed by atoms with Gasteiger partial charge < -0.3 is 0 Å². The monoisotopic (exact) mass is 157 g/mol. The minimum absolute atomic E-state index is 0.0669. The van der Waals surface area contributed by atoms with Gasteiger partial charge in [-0.05, 0) is 32.4 Å². The molecule has 1 atom stereocenters. The highest BCUT2D eigenvalue weighted by atomic mass is 19.1.